The molecule has 0 spiro atoms. The molecular formula is C13H14F2O2. The number of carboxylic acids is 1. The van der Waals surface area contributed by atoms with Crippen LogP contribution in [0.4, 0.5) is 8.78 Å². The predicted octanol–water partition coefficient (Wildman–Crippen LogP) is 3.10. The second kappa shape index (κ2) is 3.52. The molecule has 0 saturated heterocycles. The maximum Gasteiger partial charge on any atom is 0.307 e. The predicted molar refractivity (Wildman–Crippen MR) is 58.7 cm³/mol. The molecule has 1 N–H and O–H groups in total. The lowest BCUT2D eigenvalue weighted by Crippen LogP contribution is -2.03. The summed E-state index contributed by atoms with van der Waals surface area (Å²) < 4.78 is 27.5. The molecule has 0 amide bonds. The summed E-state index contributed by atoms with van der Waals surface area (Å²) in [6.45, 7) is 5.03. The van der Waals surface area contributed by atoms with Gasteiger partial charge < -0.3 is 5.11 Å². The fourth-order valence-electron chi connectivity index (χ4n) is 2.65. The van der Waals surface area contributed by atoms with Crippen LogP contribution in [0.15, 0.2) is 12.1 Å². The molecule has 1 aliphatic rings. The van der Waals surface area contributed by atoms with Gasteiger partial charge in [-0.15, -0.1) is 0 Å². The highest BCUT2D eigenvalue weighted by Gasteiger charge is 2.64. The highest BCUT2D eigenvalue weighted by atomic mass is 19.1. The number of hydrogen-bond acceptors (Lipinski definition) is 1. The lowest BCUT2D eigenvalue weighted by Gasteiger charge is -2.07. The van der Waals surface area contributed by atoms with Crippen molar-refractivity contribution in [3.05, 3.63) is 34.9 Å². The van der Waals surface area contributed by atoms with Gasteiger partial charge in [0.05, 0.1) is 5.92 Å². The number of aryl methyl sites for hydroxylation is 1. The van der Waals surface area contributed by atoms with Crippen LogP contribution in [0.2, 0.25) is 0 Å². The number of halogens is 2. The molecular weight excluding hydrogens is 226 g/mol. The van der Waals surface area contributed by atoms with Crippen molar-refractivity contribution in [2.45, 2.75) is 26.7 Å². The van der Waals surface area contributed by atoms with Crippen molar-refractivity contribution < 1.29 is 18.7 Å². The second-order valence-corrected chi connectivity index (χ2v) is 5.26. The maximum absolute atomic E-state index is 13.7. The van der Waals surface area contributed by atoms with Gasteiger partial charge in [0, 0.05) is 11.5 Å². The summed E-state index contributed by atoms with van der Waals surface area (Å²) in [5.41, 5.74) is -0.190. The Labute approximate surface area is 98.3 Å². The van der Waals surface area contributed by atoms with Crippen molar-refractivity contribution in [3.8, 4) is 0 Å². The molecule has 92 valence electrons. The van der Waals surface area contributed by atoms with E-state index in [0.717, 1.165) is 0 Å². The molecule has 2 unspecified atom stereocenters. The first-order chi connectivity index (χ1) is 7.76. The normalized spacial score (nSPS) is 25.7. The van der Waals surface area contributed by atoms with Gasteiger partial charge in [0.2, 0.25) is 0 Å². The van der Waals surface area contributed by atoms with Crippen molar-refractivity contribution in [1.82, 2.24) is 0 Å². The lowest BCUT2D eigenvalue weighted by atomic mass is 10.0. The summed E-state index contributed by atoms with van der Waals surface area (Å²) in [4.78, 5) is 11.0. The Kier molecular flexibility index (Phi) is 2.49. The van der Waals surface area contributed by atoms with Crippen LogP contribution in [-0.2, 0) is 4.79 Å². The maximum atomic E-state index is 13.7. The zero-order valence-corrected chi connectivity index (χ0v) is 9.92. The molecule has 0 aromatic heterocycles. The highest BCUT2D eigenvalue weighted by molar-refractivity contribution is 5.77. The minimum absolute atomic E-state index is 0.0898. The Morgan fingerprint density at radius 2 is 1.76 bits per heavy atom. The summed E-state index contributed by atoms with van der Waals surface area (Å²) in [5, 5.41) is 9.01. The molecule has 0 radical (unpaired) electrons. The monoisotopic (exact) mass is 240 g/mol. The van der Waals surface area contributed by atoms with E-state index in [-0.39, 0.29) is 5.56 Å². The first-order valence-electron chi connectivity index (χ1n) is 5.45. The Morgan fingerprint density at radius 1 is 1.29 bits per heavy atom. The molecule has 2 nitrogen and oxygen atoms in total. The van der Waals surface area contributed by atoms with Gasteiger partial charge in [0.25, 0.3) is 0 Å². The Hall–Kier alpha value is -1.45. The topological polar surface area (TPSA) is 37.3 Å². The molecule has 1 aliphatic carbocycles. The Balaban J connectivity index is 2.47. The van der Waals surface area contributed by atoms with Crippen LogP contribution in [0.1, 0.15) is 30.9 Å². The van der Waals surface area contributed by atoms with Crippen molar-refractivity contribution in [1.29, 1.82) is 0 Å². The molecule has 2 rings (SSSR count). The second-order valence-electron chi connectivity index (χ2n) is 5.26. The number of carboxylic acid groups (broad SMARTS) is 1. The zero-order valence-electron chi connectivity index (χ0n) is 9.92. The Morgan fingerprint density at radius 3 is 2.12 bits per heavy atom. The van der Waals surface area contributed by atoms with E-state index in [2.05, 4.69) is 0 Å². The van der Waals surface area contributed by atoms with Crippen LogP contribution in [0, 0.1) is 29.9 Å². The third-order valence-corrected chi connectivity index (χ3v) is 3.63. The van der Waals surface area contributed by atoms with Crippen molar-refractivity contribution in [2.24, 2.45) is 11.3 Å². The SMILES string of the molecule is Cc1cc(F)c(C2C(C(=O)O)C2(C)C)c(F)c1. The van der Waals surface area contributed by atoms with E-state index in [0.29, 0.717) is 5.56 Å². The number of hydrogen-bond donors (Lipinski definition) is 1. The first kappa shape index (κ1) is 12.0. The number of aliphatic carboxylic acids is 1. The summed E-state index contributed by atoms with van der Waals surface area (Å²) in [7, 11) is 0. The summed E-state index contributed by atoms with van der Waals surface area (Å²) in [6.07, 6.45) is 0. The highest BCUT2D eigenvalue weighted by Crippen LogP contribution is 2.65. The molecule has 1 saturated carbocycles. The van der Waals surface area contributed by atoms with Gasteiger partial charge in [-0.25, -0.2) is 8.78 Å². The van der Waals surface area contributed by atoms with E-state index in [9.17, 15) is 13.6 Å². The minimum atomic E-state index is -1.00. The molecule has 0 heterocycles. The van der Waals surface area contributed by atoms with Gasteiger partial charge in [-0.05, 0) is 30.0 Å². The largest absolute Gasteiger partial charge is 0.481 e. The molecule has 0 bridgehead atoms. The van der Waals surface area contributed by atoms with E-state index < -0.39 is 34.9 Å². The van der Waals surface area contributed by atoms with Crippen molar-refractivity contribution >= 4 is 5.97 Å². The smallest absolute Gasteiger partial charge is 0.307 e. The molecule has 1 aromatic rings. The van der Waals surface area contributed by atoms with Gasteiger partial charge >= 0.3 is 5.97 Å². The summed E-state index contributed by atoms with van der Waals surface area (Å²) in [6, 6.07) is 2.48. The number of rotatable bonds is 2. The zero-order chi connectivity index (χ0) is 13.0. The van der Waals surface area contributed by atoms with Crippen LogP contribution < -0.4 is 0 Å². The van der Waals surface area contributed by atoms with E-state index in [1.807, 2.05) is 0 Å². The molecule has 0 aliphatic heterocycles. The first-order valence-corrected chi connectivity index (χ1v) is 5.45. The fourth-order valence-corrected chi connectivity index (χ4v) is 2.65. The quantitative estimate of drug-likeness (QED) is 0.862. The van der Waals surface area contributed by atoms with Gasteiger partial charge in [-0.1, -0.05) is 13.8 Å². The average molecular weight is 240 g/mol. The number of benzene rings is 1. The Bertz CT molecular complexity index is 471. The third kappa shape index (κ3) is 1.72. The van der Waals surface area contributed by atoms with E-state index in [4.69, 9.17) is 5.11 Å². The molecule has 4 heteroatoms. The third-order valence-electron chi connectivity index (χ3n) is 3.63. The van der Waals surface area contributed by atoms with Crippen molar-refractivity contribution in [2.75, 3.05) is 0 Å². The van der Waals surface area contributed by atoms with Crippen LogP contribution in [0.5, 0.6) is 0 Å². The van der Waals surface area contributed by atoms with Gasteiger partial charge in [-0.2, -0.15) is 0 Å². The molecule has 1 fully saturated rings. The van der Waals surface area contributed by atoms with Gasteiger partial charge in [0.1, 0.15) is 11.6 Å². The van der Waals surface area contributed by atoms with Gasteiger partial charge in [0.15, 0.2) is 0 Å². The fraction of sp³-hybridized carbons (Fsp3) is 0.462. The molecule has 1 aromatic carbocycles. The van der Waals surface area contributed by atoms with E-state index in [1.165, 1.54) is 12.1 Å². The van der Waals surface area contributed by atoms with Crippen LogP contribution in [0.3, 0.4) is 0 Å². The van der Waals surface area contributed by atoms with Crippen LogP contribution in [0.25, 0.3) is 0 Å². The summed E-state index contributed by atoms with van der Waals surface area (Å²) >= 11 is 0. The molecule has 2 atom stereocenters. The van der Waals surface area contributed by atoms with Gasteiger partial charge in [-0.3, -0.25) is 4.79 Å². The van der Waals surface area contributed by atoms with Crippen LogP contribution in [-0.4, -0.2) is 11.1 Å². The van der Waals surface area contributed by atoms with E-state index >= 15 is 0 Å². The summed E-state index contributed by atoms with van der Waals surface area (Å²) in [5.74, 6) is -3.59. The van der Waals surface area contributed by atoms with E-state index in [1.54, 1.807) is 20.8 Å². The average Bonchev–Trinajstić information content (AvgIpc) is 2.67. The van der Waals surface area contributed by atoms with Crippen LogP contribution >= 0.6 is 0 Å². The lowest BCUT2D eigenvalue weighted by molar-refractivity contribution is -0.139. The standard InChI is InChI=1S/C13H14F2O2/c1-6-4-7(14)9(8(15)5-6)10-11(12(16)17)13(10,2)3/h4-5,10-11H,1-3H3,(H,16,17). The number of carbonyl (C=O) groups is 1. The van der Waals surface area contributed by atoms with Crippen molar-refractivity contribution in [3.63, 3.8) is 0 Å². The minimum Gasteiger partial charge on any atom is -0.481 e. The molecule has 17 heavy (non-hydrogen) atoms.